The van der Waals surface area contributed by atoms with Crippen LogP contribution in [0.25, 0.3) is 44.4 Å². The van der Waals surface area contributed by atoms with Gasteiger partial charge in [-0.1, -0.05) is 13.8 Å². The fourth-order valence-electron chi connectivity index (χ4n) is 6.22. The number of aromatic amines is 2. The number of H-pyrrole nitrogens is 2. The van der Waals surface area contributed by atoms with Gasteiger partial charge in [0.15, 0.2) is 0 Å². The van der Waals surface area contributed by atoms with Gasteiger partial charge >= 0.3 is 11.9 Å². The third kappa shape index (κ3) is 6.55. The Bertz CT molecular complexity index is 1870. The second kappa shape index (κ2) is 14.0. The number of aryl methyl sites for hydroxylation is 4. The molecule has 0 saturated heterocycles. The fourth-order valence-corrected chi connectivity index (χ4v) is 6.22. The summed E-state index contributed by atoms with van der Waals surface area (Å²) >= 11 is 0. The van der Waals surface area contributed by atoms with E-state index in [1.807, 2.05) is 26.0 Å². The summed E-state index contributed by atoms with van der Waals surface area (Å²) in [5.41, 5.74) is 15.4. The minimum atomic E-state index is -0.864. The first-order valence-corrected chi connectivity index (χ1v) is 14.6. The van der Waals surface area contributed by atoms with Crippen LogP contribution in [0.4, 0.5) is 0 Å². The molecule has 2 aliphatic heterocycles. The Morgan fingerprint density at radius 3 is 1.61 bits per heavy atom. The fraction of sp³-hybridized carbons (Fsp3) is 0.353. The van der Waals surface area contributed by atoms with Crippen molar-refractivity contribution < 1.29 is 36.6 Å². The third-order valence-corrected chi connectivity index (χ3v) is 8.69. The summed E-state index contributed by atoms with van der Waals surface area (Å²) in [6, 6.07) is 8.19. The van der Waals surface area contributed by atoms with Crippen molar-refractivity contribution in [2.45, 2.75) is 80.1 Å². The average Bonchev–Trinajstić information content (AvgIpc) is 3.59. The monoisotopic (exact) mass is 661 g/mol. The number of halogens is 1. The summed E-state index contributed by atoms with van der Waals surface area (Å²) in [4.78, 5) is 40.3. The molecular weight excluding hydrogens is 623 g/mol. The van der Waals surface area contributed by atoms with Crippen LogP contribution in [0.5, 0.6) is 0 Å². The molecule has 8 nitrogen and oxygen atoms in total. The van der Waals surface area contributed by atoms with Gasteiger partial charge in [-0.05, 0) is 122 Å². The van der Waals surface area contributed by atoms with Gasteiger partial charge in [-0.15, -0.1) is 12.4 Å². The number of allylic oxidation sites excluding steroid dienone is 4. The van der Waals surface area contributed by atoms with E-state index in [9.17, 15) is 19.8 Å². The zero-order chi connectivity index (χ0) is 30.3. The maximum atomic E-state index is 11.5. The van der Waals surface area contributed by atoms with Crippen molar-refractivity contribution in [3.8, 4) is 0 Å². The first kappa shape index (κ1) is 34.8. The normalized spacial score (nSPS) is 12.7. The predicted molar refractivity (Wildman–Crippen MR) is 175 cm³/mol. The van der Waals surface area contributed by atoms with Crippen molar-refractivity contribution >= 4 is 68.7 Å². The van der Waals surface area contributed by atoms with E-state index < -0.39 is 11.9 Å². The van der Waals surface area contributed by atoms with Crippen molar-refractivity contribution in [1.82, 2.24) is 19.9 Å². The number of nitrogens with one attached hydrogen (secondary N) is 2. The first-order valence-electron chi connectivity index (χ1n) is 14.6. The molecule has 0 atom stereocenters. The van der Waals surface area contributed by atoms with E-state index in [-0.39, 0.29) is 42.0 Å². The van der Waals surface area contributed by atoms with Gasteiger partial charge in [-0.25, -0.2) is 9.97 Å². The summed E-state index contributed by atoms with van der Waals surface area (Å²) in [6.07, 6.45) is 2.39. The van der Waals surface area contributed by atoms with Gasteiger partial charge in [0.1, 0.15) is 0 Å². The van der Waals surface area contributed by atoms with E-state index in [1.165, 1.54) is 11.1 Å². The number of aliphatic carboxylic acids is 2. The minimum absolute atomic E-state index is 0. The molecule has 5 rings (SSSR count). The Kier molecular flexibility index (Phi) is 11.1. The van der Waals surface area contributed by atoms with Gasteiger partial charge in [0, 0.05) is 51.7 Å². The summed E-state index contributed by atoms with van der Waals surface area (Å²) in [7, 11) is 0. The third-order valence-electron chi connectivity index (χ3n) is 8.69. The molecule has 3 aromatic heterocycles. The van der Waals surface area contributed by atoms with Gasteiger partial charge in [0.05, 0.1) is 22.8 Å². The smallest absolute Gasteiger partial charge is 0.303 e. The molecule has 0 saturated carbocycles. The zero-order valence-corrected chi connectivity index (χ0v) is 27.8. The summed E-state index contributed by atoms with van der Waals surface area (Å²) in [5, 5.41) is 18.9. The number of hydrogen-bond donors (Lipinski definition) is 4. The second-order valence-corrected chi connectivity index (χ2v) is 11.2. The number of nitrogens with zero attached hydrogens (tertiary/aromatic N) is 2. The molecule has 5 heterocycles. The standard InChI is InChI=1S/C34H38N4O4.ClH.Co/c1-7-21-17(3)25-13-26-19(5)23(9-11-33(39)40)31(37-26)16-32-24(10-12-34(41)42)20(6)28(38-32)15-30-22(8-2)18(4)27(36-30)14-29(21)35-25;;/h13-16,35,38H,7-12H2,1-6H3,(H,39,40)(H,41,42);1H;. The molecule has 0 aliphatic carbocycles. The minimum Gasteiger partial charge on any atom is -0.481 e. The zero-order valence-electron chi connectivity index (χ0n) is 25.9. The van der Waals surface area contributed by atoms with Gasteiger partial charge in [0.25, 0.3) is 0 Å². The number of carboxylic acid groups (broad SMARTS) is 2. The quantitative estimate of drug-likeness (QED) is 0.193. The van der Waals surface area contributed by atoms with Crippen LogP contribution in [0.15, 0.2) is 24.3 Å². The van der Waals surface area contributed by atoms with Crippen LogP contribution in [0.3, 0.4) is 0 Å². The van der Waals surface area contributed by atoms with Crippen molar-refractivity contribution in [2.24, 2.45) is 0 Å². The number of aromatic nitrogens is 4. The first-order chi connectivity index (χ1) is 20.0. The van der Waals surface area contributed by atoms with Crippen molar-refractivity contribution in [3.63, 3.8) is 0 Å². The molecule has 3 aromatic rings. The molecule has 8 bridgehead atoms. The number of carboxylic acids is 2. The molecule has 235 valence electrons. The van der Waals surface area contributed by atoms with E-state index in [0.717, 1.165) is 85.4 Å². The average molecular weight is 662 g/mol. The molecule has 0 amide bonds. The van der Waals surface area contributed by atoms with Gasteiger partial charge in [-0.2, -0.15) is 0 Å². The number of fused-ring (bicyclic) bond motifs is 8. The topological polar surface area (TPSA) is 132 Å². The van der Waals surface area contributed by atoms with E-state index in [1.54, 1.807) is 0 Å². The molecular formula is C34H39ClCoN4O4. The largest absolute Gasteiger partial charge is 0.481 e. The Morgan fingerprint density at radius 1 is 0.636 bits per heavy atom. The number of hydrogen-bond acceptors (Lipinski definition) is 4. The molecule has 0 aromatic carbocycles. The summed E-state index contributed by atoms with van der Waals surface area (Å²) < 4.78 is 0. The number of rotatable bonds is 8. The molecule has 2 aliphatic rings. The van der Waals surface area contributed by atoms with Crippen molar-refractivity contribution in [2.75, 3.05) is 0 Å². The van der Waals surface area contributed by atoms with Gasteiger partial charge in [0.2, 0.25) is 0 Å². The molecule has 0 unspecified atom stereocenters. The summed E-state index contributed by atoms with van der Waals surface area (Å²) in [6.45, 7) is 12.5. The predicted octanol–water partition coefficient (Wildman–Crippen LogP) is 8.07. The van der Waals surface area contributed by atoms with Crippen molar-refractivity contribution in [1.29, 1.82) is 0 Å². The number of carbonyl (C=O) groups is 2. The molecule has 0 fully saturated rings. The van der Waals surface area contributed by atoms with Crippen LogP contribution in [-0.2, 0) is 39.2 Å². The van der Waals surface area contributed by atoms with Crippen LogP contribution < -0.4 is 0 Å². The Hall–Kier alpha value is -3.66. The molecule has 1 radical (unpaired) electrons. The van der Waals surface area contributed by atoms with Crippen LogP contribution in [0.1, 0.15) is 98.4 Å². The van der Waals surface area contributed by atoms with Crippen LogP contribution in [0, 0.1) is 13.8 Å². The van der Waals surface area contributed by atoms with Crippen molar-refractivity contribution in [3.05, 3.63) is 69.3 Å². The molecule has 10 heteroatoms. The Labute approximate surface area is 273 Å². The van der Waals surface area contributed by atoms with Crippen LogP contribution in [0.2, 0.25) is 0 Å². The second-order valence-electron chi connectivity index (χ2n) is 11.2. The van der Waals surface area contributed by atoms with E-state index in [4.69, 9.17) is 9.97 Å². The summed E-state index contributed by atoms with van der Waals surface area (Å²) in [5.74, 6) is -1.72. The molecule has 0 spiro atoms. The maximum absolute atomic E-state index is 11.5. The van der Waals surface area contributed by atoms with Gasteiger partial charge < -0.3 is 20.2 Å². The Morgan fingerprint density at radius 2 is 1.07 bits per heavy atom. The maximum Gasteiger partial charge on any atom is 0.303 e. The molecule has 44 heavy (non-hydrogen) atoms. The Balaban J connectivity index is 0.00000264. The van der Waals surface area contributed by atoms with E-state index in [2.05, 4.69) is 49.8 Å². The van der Waals surface area contributed by atoms with E-state index in [0.29, 0.717) is 18.5 Å². The van der Waals surface area contributed by atoms with E-state index >= 15 is 0 Å². The van der Waals surface area contributed by atoms with Gasteiger partial charge in [-0.3, -0.25) is 9.59 Å². The molecule has 4 N–H and O–H groups in total. The SMILES string of the molecule is CCC1=C(C)c2cc3[nH]c(cc4nc(cc5[nH]c(cc1n2)c(C)c5CCC(=O)O)C(CCC(=O)O)=C4C)c(C)c3CC.Cl.[Co]. The van der Waals surface area contributed by atoms with Crippen LogP contribution in [-0.4, -0.2) is 42.1 Å². The van der Waals surface area contributed by atoms with Crippen LogP contribution >= 0.6 is 12.4 Å².